The fraction of sp³-hybridized carbons (Fsp3) is 0.0455. The molecule has 4 heteroatoms. The summed E-state index contributed by atoms with van der Waals surface area (Å²) in [5.74, 6) is 0. The van der Waals surface area contributed by atoms with Crippen LogP contribution >= 0.6 is 0 Å². The van der Waals surface area contributed by atoms with Crippen molar-refractivity contribution in [2.24, 2.45) is 0 Å². The Balaban J connectivity index is 1.31. The maximum Gasteiger partial charge on any atom is 0.105 e. The Morgan fingerprint density at radius 2 is 1.19 bits per heavy atom. The van der Waals surface area contributed by atoms with Crippen molar-refractivity contribution in [3.8, 4) is 29.0 Å². The number of rotatable bonds is 4. The molecule has 0 unspecified atom stereocenters. The number of hydrogen-bond acceptors (Lipinski definition) is 2. The highest BCUT2D eigenvalue weighted by atomic mass is 15.0. The smallest absolute Gasteiger partial charge is 0.105 e. The molecule has 1 aliphatic rings. The predicted octanol–water partition coefficient (Wildman–Crippen LogP) is 10.6. The Labute approximate surface area is 277 Å². The molecule has 6 aromatic carbocycles. The van der Waals surface area contributed by atoms with Crippen LogP contribution in [0.3, 0.4) is 0 Å². The van der Waals surface area contributed by atoms with Crippen molar-refractivity contribution in [3.05, 3.63) is 162 Å². The van der Waals surface area contributed by atoms with E-state index in [9.17, 15) is 10.5 Å². The molecule has 2 heterocycles. The van der Waals surface area contributed by atoms with E-state index < -0.39 is 0 Å². The van der Waals surface area contributed by atoms with E-state index in [1.54, 1.807) is 0 Å². The van der Waals surface area contributed by atoms with Gasteiger partial charge in [-0.1, -0.05) is 91.0 Å². The lowest BCUT2D eigenvalue weighted by molar-refractivity contribution is 1.03. The number of fused-ring (bicyclic) bond motifs is 6. The normalized spacial score (nSPS) is 12.9. The zero-order chi connectivity index (χ0) is 32.2. The molecule has 0 aliphatic heterocycles. The van der Waals surface area contributed by atoms with Gasteiger partial charge < -0.3 is 9.13 Å². The Bertz CT molecular complexity index is 2650. The largest absolute Gasteiger partial charge is 0.310 e. The lowest BCUT2D eigenvalue weighted by Gasteiger charge is -2.22. The van der Waals surface area contributed by atoms with Crippen LogP contribution in [0.15, 0.2) is 133 Å². The Morgan fingerprint density at radius 3 is 1.88 bits per heavy atom. The average Bonchev–Trinajstić information content (AvgIpc) is 3.67. The number of nitrogens with zero attached hydrogens (tertiary/aromatic N) is 4. The second kappa shape index (κ2) is 10.9. The minimum Gasteiger partial charge on any atom is -0.310 e. The predicted molar refractivity (Wildman–Crippen MR) is 194 cm³/mol. The van der Waals surface area contributed by atoms with Crippen molar-refractivity contribution in [2.45, 2.75) is 12.8 Å². The van der Waals surface area contributed by atoms with Gasteiger partial charge >= 0.3 is 0 Å². The van der Waals surface area contributed by atoms with Crippen LogP contribution in [0.4, 0.5) is 0 Å². The summed E-state index contributed by atoms with van der Waals surface area (Å²) in [6.07, 6.45) is 6.17. The number of allylic oxidation sites excluding steroid dienone is 4. The van der Waals surface area contributed by atoms with Gasteiger partial charge in [-0.2, -0.15) is 10.5 Å². The molecule has 0 atom stereocenters. The summed E-state index contributed by atoms with van der Waals surface area (Å²) in [7, 11) is 0. The minimum atomic E-state index is 0.546. The molecule has 0 bridgehead atoms. The van der Waals surface area contributed by atoms with Crippen molar-refractivity contribution < 1.29 is 0 Å². The van der Waals surface area contributed by atoms with Crippen LogP contribution in [0.25, 0.3) is 71.7 Å². The van der Waals surface area contributed by atoms with Crippen molar-refractivity contribution in [1.82, 2.24) is 9.13 Å². The van der Waals surface area contributed by atoms with Crippen LogP contribution in [0.1, 0.15) is 29.5 Å². The minimum absolute atomic E-state index is 0.546. The second-order valence-corrected chi connectivity index (χ2v) is 12.1. The molecule has 0 spiro atoms. The van der Waals surface area contributed by atoms with Gasteiger partial charge in [-0.15, -0.1) is 0 Å². The van der Waals surface area contributed by atoms with E-state index in [0.717, 1.165) is 79.3 Å². The molecule has 1 aliphatic carbocycles. The molecule has 4 nitrogen and oxygen atoms in total. The van der Waals surface area contributed by atoms with Gasteiger partial charge in [0.2, 0.25) is 0 Å². The lowest BCUT2D eigenvalue weighted by atomic mass is 9.85. The van der Waals surface area contributed by atoms with Crippen LogP contribution in [-0.2, 0) is 0 Å². The molecular weight excluding hydrogens is 585 g/mol. The SMILES string of the molecule is N#Cc1cccc(-c2cccc(C#N)c2-n2c3c#cccc3c3ccccc32)c1C1=CC(n2c3ccccc3c3ccccc32)=CCC1. The molecular formula is C44H26N4. The molecule has 222 valence electrons. The molecule has 0 N–H and O–H groups in total. The van der Waals surface area contributed by atoms with E-state index in [-0.39, 0.29) is 0 Å². The highest BCUT2D eigenvalue weighted by molar-refractivity contribution is 6.11. The first-order valence-electron chi connectivity index (χ1n) is 16.0. The van der Waals surface area contributed by atoms with Crippen molar-refractivity contribution in [2.75, 3.05) is 0 Å². The first kappa shape index (κ1) is 27.5. The van der Waals surface area contributed by atoms with Crippen LogP contribution < -0.4 is 0 Å². The third-order valence-corrected chi connectivity index (χ3v) is 9.54. The van der Waals surface area contributed by atoms with Crippen molar-refractivity contribution in [1.29, 1.82) is 10.5 Å². The van der Waals surface area contributed by atoms with E-state index in [1.807, 2.05) is 42.5 Å². The molecule has 0 saturated heterocycles. The monoisotopic (exact) mass is 610 g/mol. The summed E-state index contributed by atoms with van der Waals surface area (Å²) in [4.78, 5) is 0. The topological polar surface area (TPSA) is 57.4 Å². The maximum atomic E-state index is 10.5. The van der Waals surface area contributed by atoms with Crippen LogP contribution in [0.2, 0.25) is 0 Å². The van der Waals surface area contributed by atoms with Crippen molar-refractivity contribution in [3.63, 3.8) is 0 Å². The number of benzene rings is 5. The Morgan fingerprint density at radius 1 is 0.583 bits per heavy atom. The lowest BCUT2D eigenvalue weighted by Crippen LogP contribution is -2.05. The van der Waals surface area contributed by atoms with Gasteiger partial charge in [0.15, 0.2) is 0 Å². The van der Waals surface area contributed by atoms with Crippen molar-refractivity contribution >= 4 is 54.9 Å². The quantitative estimate of drug-likeness (QED) is 0.199. The highest BCUT2D eigenvalue weighted by Crippen LogP contribution is 2.43. The maximum absolute atomic E-state index is 10.5. The molecule has 48 heavy (non-hydrogen) atoms. The van der Waals surface area contributed by atoms with E-state index in [2.05, 4.69) is 124 Å². The first-order chi connectivity index (χ1) is 23.8. The number of nitriles is 2. The summed E-state index contributed by atoms with van der Waals surface area (Å²) in [6, 6.07) is 52.5. The van der Waals surface area contributed by atoms with Crippen LogP contribution in [0, 0.1) is 34.8 Å². The molecule has 2 aromatic heterocycles. The fourth-order valence-corrected chi connectivity index (χ4v) is 7.57. The number of para-hydroxylation sites is 4. The molecule has 0 fully saturated rings. The zero-order valence-corrected chi connectivity index (χ0v) is 25.9. The van der Waals surface area contributed by atoms with Crippen LogP contribution in [0.5, 0.6) is 0 Å². The Kier molecular flexibility index (Phi) is 6.26. The Hall–Kier alpha value is -6.80. The summed E-state index contributed by atoms with van der Waals surface area (Å²) in [6.45, 7) is 0. The van der Waals surface area contributed by atoms with Gasteiger partial charge in [0.05, 0.1) is 39.4 Å². The van der Waals surface area contributed by atoms with Gasteiger partial charge in [-0.25, -0.2) is 0 Å². The van der Waals surface area contributed by atoms with Crippen LogP contribution in [-0.4, -0.2) is 9.13 Å². The standard InChI is InChI=1S/C44H26N4/c45-27-30-13-10-20-37(38-21-11-14-31(28-46)44(38)48-41-24-7-3-18-35(41)36-19-4-8-25-42(36)48)43(30)29-12-9-15-32(26-29)47-39-22-5-1-16-33(39)34-17-2-6-23-40(34)47/h1-7,10-11,13-24,26H,9,12H2. The fourth-order valence-electron chi connectivity index (χ4n) is 7.57. The van der Waals surface area contributed by atoms with E-state index in [0.29, 0.717) is 11.1 Å². The van der Waals surface area contributed by atoms with Gasteiger partial charge in [0.25, 0.3) is 0 Å². The molecule has 9 rings (SSSR count). The molecule has 0 amide bonds. The average molecular weight is 611 g/mol. The van der Waals surface area contributed by atoms with Gasteiger partial charge in [0, 0.05) is 38.4 Å². The van der Waals surface area contributed by atoms with Gasteiger partial charge in [-0.3, -0.25) is 0 Å². The summed E-state index contributed by atoms with van der Waals surface area (Å²) < 4.78 is 4.47. The van der Waals surface area contributed by atoms with Gasteiger partial charge in [-0.05, 0) is 78.6 Å². The first-order valence-corrected chi connectivity index (χ1v) is 16.0. The second-order valence-electron chi connectivity index (χ2n) is 12.1. The summed E-state index contributed by atoms with van der Waals surface area (Å²) in [5, 5.41) is 25.6. The molecule has 8 aromatic rings. The molecule has 0 radical (unpaired) electrons. The summed E-state index contributed by atoms with van der Waals surface area (Å²) in [5.41, 5.74) is 11.0. The molecule has 0 saturated carbocycles. The van der Waals surface area contributed by atoms with E-state index in [1.165, 1.54) is 10.8 Å². The van der Waals surface area contributed by atoms with E-state index >= 15 is 0 Å². The number of aromatic nitrogens is 2. The number of hydrogen-bond donors (Lipinski definition) is 0. The summed E-state index contributed by atoms with van der Waals surface area (Å²) >= 11 is 0. The third kappa shape index (κ3) is 4.03. The van der Waals surface area contributed by atoms with Gasteiger partial charge in [0.1, 0.15) is 11.6 Å². The zero-order valence-electron chi connectivity index (χ0n) is 25.9. The highest BCUT2D eigenvalue weighted by Gasteiger charge is 2.24. The van der Waals surface area contributed by atoms with E-state index in [4.69, 9.17) is 0 Å². The third-order valence-electron chi connectivity index (χ3n) is 9.54.